The van der Waals surface area contributed by atoms with Crippen LogP contribution in [0.4, 0.5) is 11.4 Å². The average Bonchev–Trinajstić information content (AvgIpc) is 3.21. The number of anilines is 2. The topological polar surface area (TPSA) is 72.4 Å². The van der Waals surface area contributed by atoms with Crippen molar-refractivity contribution in [2.75, 3.05) is 17.2 Å². The van der Waals surface area contributed by atoms with Gasteiger partial charge in [-0.2, -0.15) is 0 Å². The van der Waals surface area contributed by atoms with Crippen molar-refractivity contribution in [2.45, 2.75) is 12.8 Å². The number of amides is 2. The first-order valence-electron chi connectivity index (χ1n) is 8.76. The van der Waals surface area contributed by atoms with E-state index in [1.807, 2.05) is 59.4 Å². The first-order valence-corrected chi connectivity index (χ1v) is 8.76. The molecule has 2 heterocycles. The minimum absolute atomic E-state index is 0.0256. The molecule has 0 bridgehead atoms. The summed E-state index contributed by atoms with van der Waals surface area (Å²) in [5, 5.41) is 5.67. The third kappa shape index (κ3) is 4.00. The van der Waals surface area contributed by atoms with Crippen LogP contribution in [0.15, 0.2) is 67.0 Å². The molecule has 0 radical (unpaired) electrons. The van der Waals surface area contributed by atoms with Gasteiger partial charge in [-0.15, -0.1) is 0 Å². The Morgan fingerprint density at radius 1 is 1.07 bits per heavy atom. The molecular weight excluding hydrogens is 342 g/mol. The number of aromatic nitrogens is 1. The van der Waals surface area contributed by atoms with Crippen LogP contribution in [-0.2, 0) is 16.0 Å². The van der Waals surface area contributed by atoms with Crippen LogP contribution < -0.4 is 15.4 Å². The lowest BCUT2D eigenvalue weighted by Gasteiger charge is -2.17. The van der Waals surface area contributed by atoms with Crippen molar-refractivity contribution >= 4 is 23.2 Å². The van der Waals surface area contributed by atoms with Crippen molar-refractivity contribution in [3.63, 3.8) is 0 Å². The van der Waals surface area contributed by atoms with Crippen molar-refractivity contribution in [2.24, 2.45) is 0 Å². The van der Waals surface area contributed by atoms with E-state index in [9.17, 15) is 9.59 Å². The van der Waals surface area contributed by atoms with E-state index < -0.39 is 0 Å². The summed E-state index contributed by atoms with van der Waals surface area (Å²) in [6.45, 7) is -0.0844. The first kappa shape index (κ1) is 16.9. The third-order valence-electron chi connectivity index (χ3n) is 4.37. The molecule has 0 saturated heterocycles. The average molecular weight is 361 g/mol. The van der Waals surface area contributed by atoms with Crippen molar-refractivity contribution in [3.8, 4) is 11.4 Å². The molecule has 1 aliphatic heterocycles. The Hall–Kier alpha value is -3.54. The minimum atomic E-state index is -0.231. The van der Waals surface area contributed by atoms with Gasteiger partial charge in [-0.25, -0.2) is 0 Å². The van der Waals surface area contributed by atoms with Gasteiger partial charge in [0.15, 0.2) is 6.61 Å². The molecule has 2 N–H and O–H groups in total. The number of nitrogens with zero attached hydrogens (tertiary/aromatic N) is 1. The molecule has 1 aliphatic rings. The van der Waals surface area contributed by atoms with Gasteiger partial charge in [0.2, 0.25) is 5.91 Å². The summed E-state index contributed by atoms with van der Waals surface area (Å²) in [4.78, 5) is 23.6. The van der Waals surface area contributed by atoms with Crippen molar-refractivity contribution in [1.82, 2.24) is 4.57 Å². The van der Waals surface area contributed by atoms with Gasteiger partial charge in [0, 0.05) is 35.9 Å². The van der Waals surface area contributed by atoms with Crippen molar-refractivity contribution in [3.05, 3.63) is 72.6 Å². The van der Waals surface area contributed by atoms with Crippen molar-refractivity contribution < 1.29 is 14.3 Å². The van der Waals surface area contributed by atoms with Crippen LogP contribution in [0.5, 0.6) is 5.75 Å². The molecule has 2 aromatic carbocycles. The summed E-state index contributed by atoms with van der Waals surface area (Å²) < 4.78 is 7.58. The van der Waals surface area contributed by atoms with Crippen LogP contribution in [0.1, 0.15) is 12.0 Å². The summed E-state index contributed by atoms with van der Waals surface area (Å²) >= 11 is 0. The third-order valence-corrected chi connectivity index (χ3v) is 4.37. The van der Waals surface area contributed by atoms with Gasteiger partial charge < -0.3 is 19.9 Å². The van der Waals surface area contributed by atoms with Gasteiger partial charge in [0.25, 0.3) is 5.91 Å². The molecule has 6 heteroatoms. The fraction of sp³-hybridized carbons (Fsp3) is 0.143. The lowest BCUT2D eigenvalue weighted by molar-refractivity contribution is -0.118. The van der Waals surface area contributed by atoms with Crippen LogP contribution in [0, 0.1) is 0 Å². The highest BCUT2D eigenvalue weighted by atomic mass is 16.5. The van der Waals surface area contributed by atoms with Crippen LogP contribution in [0.3, 0.4) is 0 Å². The summed E-state index contributed by atoms with van der Waals surface area (Å²) in [6.07, 6.45) is 5.04. The summed E-state index contributed by atoms with van der Waals surface area (Å²) in [5.41, 5.74) is 3.51. The Kier molecular flexibility index (Phi) is 4.61. The standard InChI is InChI=1S/C21H19N3O3/c25-20-9-6-15-12-18(7-8-19(15)23-20)27-14-21(26)22-16-4-3-5-17(13-16)24-10-1-2-11-24/h1-5,7-8,10-13H,6,9,14H2,(H,22,26)(H,23,25). The summed E-state index contributed by atoms with van der Waals surface area (Å²) in [7, 11) is 0. The van der Waals surface area contributed by atoms with E-state index in [1.165, 1.54) is 0 Å². The monoisotopic (exact) mass is 361 g/mol. The molecule has 0 saturated carbocycles. The van der Waals surface area contributed by atoms with E-state index in [4.69, 9.17) is 4.74 Å². The molecule has 0 atom stereocenters. The van der Waals surface area contributed by atoms with Crippen LogP contribution >= 0.6 is 0 Å². The number of hydrogen-bond acceptors (Lipinski definition) is 3. The highest BCUT2D eigenvalue weighted by Gasteiger charge is 2.15. The zero-order valence-corrected chi connectivity index (χ0v) is 14.6. The van der Waals surface area contributed by atoms with Crippen LogP contribution in [-0.4, -0.2) is 23.0 Å². The zero-order chi connectivity index (χ0) is 18.6. The van der Waals surface area contributed by atoms with E-state index in [0.29, 0.717) is 24.3 Å². The van der Waals surface area contributed by atoms with Crippen LogP contribution in [0.2, 0.25) is 0 Å². The van der Waals surface area contributed by atoms with Gasteiger partial charge in [0.1, 0.15) is 5.75 Å². The van der Waals surface area contributed by atoms with Crippen LogP contribution in [0.25, 0.3) is 5.69 Å². The summed E-state index contributed by atoms with van der Waals surface area (Å²) in [6, 6.07) is 16.9. The molecule has 4 rings (SSSR count). The maximum atomic E-state index is 12.2. The SMILES string of the molecule is O=C(COc1ccc2c(c1)CCC(=O)N2)Nc1cccc(-n2cccc2)c1. The normalized spacial score (nSPS) is 12.8. The second-order valence-corrected chi connectivity index (χ2v) is 6.34. The van der Waals surface area contributed by atoms with Gasteiger partial charge in [-0.1, -0.05) is 6.07 Å². The van der Waals surface area contributed by atoms with E-state index in [1.54, 1.807) is 12.1 Å². The number of carbonyl (C=O) groups is 2. The molecule has 27 heavy (non-hydrogen) atoms. The van der Waals surface area contributed by atoms with E-state index in [0.717, 1.165) is 16.9 Å². The molecule has 0 spiro atoms. The number of nitrogens with one attached hydrogen (secondary N) is 2. The minimum Gasteiger partial charge on any atom is -0.484 e. The number of fused-ring (bicyclic) bond motifs is 1. The smallest absolute Gasteiger partial charge is 0.262 e. The number of ether oxygens (including phenoxy) is 1. The quantitative estimate of drug-likeness (QED) is 0.732. The lowest BCUT2D eigenvalue weighted by Crippen LogP contribution is -2.21. The van der Waals surface area contributed by atoms with Crippen molar-refractivity contribution in [1.29, 1.82) is 0 Å². The van der Waals surface area contributed by atoms with Gasteiger partial charge in [-0.3, -0.25) is 9.59 Å². The Morgan fingerprint density at radius 2 is 1.93 bits per heavy atom. The van der Waals surface area contributed by atoms with E-state index in [-0.39, 0.29) is 18.4 Å². The summed E-state index contributed by atoms with van der Waals surface area (Å²) in [5.74, 6) is 0.407. The molecule has 0 unspecified atom stereocenters. The zero-order valence-electron chi connectivity index (χ0n) is 14.6. The largest absolute Gasteiger partial charge is 0.484 e. The second-order valence-electron chi connectivity index (χ2n) is 6.34. The Morgan fingerprint density at radius 3 is 2.78 bits per heavy atom. The molecule has 0 aliphatic carbocycles. The Bertz CT molecular complexity index is 980. The Balaban J connectivity index is 1.36. The number of rotatable bonds is 5. The number of hydrogen-bond donors (Lipinski definition) is 2. The highest BCUT2D eigenvalue weighted by molar-refractivity contribution is 5.94. The fourth-order valence-electron chi connectivity index (χ4n) is 3.05. The first-order chi connectivity index (χ1) is 13.2. The molecule has 1 aromatic heterocycles. The molecule has 136 valence electrons. The second kappa shape index (κ2) is 7.37. The highest BCUT2D eigenvalue weighted by Crippen LogP contribution is 2.26. The predicted octanol–water partition coefficient (Wildman–Crippen LogP) is 3.38. The number of carbonyl (C=O) groups excluding carboxylic acids is 2. The van der Waals surface area contributed by atoms with E-state index in [2.05, 4.69) is 10.6 Å². The lowest BCUT2D eigenvalue weighted by atomic mass is 10.0. The fourth-order valence-corrected chi connectivity index (χ4v) is 3.05. The van der Waals surface area contributed by atoms with Gasteiger partial charge >= 0.3 is 0 Å². The van der Waals surface area contributed by atoms with Gasteiger partial charge in [-0.05, 0) is 60.5 Å². The molecule has 6 nitrogen and oxygen atoms in total. The Labute approximate surface area is 156 Å². The predicted molar refractivity (Wildman–Crippen MR) is 103 cm³/mol. The van der Waals surface area contributed by atoms with E-state index >= 15 is 0 Å². The maximum absolute atomic E-state index is 12.2. The number of aryl methyl sites for hydroxylation is 1. The van der Waals surface area contributed by atoms with Gasteiger partial charge in [0.05, 0.1) is 0 Å². The molecule has 3 aromatic rings. The molecule has 0 fully saturated rings. The number of benzene rings is 2. The molecule has 2 amide bonds. The molecular formula is C21H19N3O3. The maximum Gasteiger partial charge on any atom is 0.262 e.